The highest BCUT2D eigenvalue weighted by Crippen LogP contribution is 2.31. The van der Waals surface area contributed by atoms with Crippen molar-refractivity contribution in [3.05, 3.63) is 18.2 Å². The van der Waals surface area contributed by atoms with Crippen LogP contribution in [0.1, 0.15) is 40.5 Å². The van der Waals surface area contributed by atoms with Crippen LogP contribution in [-0.2, 0) is 10.0 Å². The first kappa shape index (κ1) is 17.6. The Labute approximate surface area is 127 Å². The van der Waals surface area contributed by atoms with Crippen LogP contribution in [0.2, 0.25) is 0 Å². The third-order valence-electron chi connectivity index (χ3n) is 2.75. The molecule has 0 bridgehead atoms. The highest BCUT2D eigenvalue weighted by Gasteiger charge is 2.16. The molecule has 0 unspecified atom stereocenters. The smallest absolute Gasteiger partial charge is 0.235 e. The second-order valence-corrected chi connectivity index (χ2v) is 7.29. The molecule has 1 N–H and O–H groups in total. The molecule has 6 heteroatoms. The van der Waals surface area contributed by atoms with Crippen molar-refractivity contribution in [2.75, 3.05) is 17.9 Å². The standard InChI is InChI=1S/C15H25NO4S/c1-5-9-19-14-8-7-13(11-15(14)20-10-6-2)16-21(17,18)12(3)4/h7-8,11-12,16H,5-6,9-10H2,1-4H3. The Morgan fingerprint density at radius 1 is 1.05 bits per heavy atom. The molecule has 0 spiro atoms. The van der Waals surface area contributed by atoms with Crippen LogP contribution >= 0.6 is 0 Å². The maximum Gasteiger partial charge on any atom is 0.235 e. The minimum Gasteiger partial charge on any atom is -0.490 e. The zero-order valence-corrected chi connectivity index (χ0v) is 14.0. The second kappa shape index (κ2) is 8.12. The van der Waals surface area contributed by atoms with E-state index in [-0.39, 0.29) is 0 Å². The number of sulfonamides is 1. The van der Waals surface area contributed by atoms with E-state index >= 15 is 0 Å². The van der Waals surface area contributed by atoms with Crippen LogP contribution in [0.5, 0.6) is 11.5 Å². The van der Waals surface area contributed by atoms with Crippen LogP contribution < -0.4 is 14.2 Å². The van der Waals surface area contributed by atoms with Gasteiger partial charge >= 0.3 is 0 Å². The van der Waals surface area contributed by atoms with Gasteiger partial charge in [-0.2, -0.15) is 0 Å². The first-order valence-electron chi connectivity index (χ1n) is 7.32. The van der Waals surface area contributed by atoms with E-state index in [1.54, 1.807) is 32.0 Å². The van der Waals surface area contributed by atoms with E-state index in [2.05, 4.69) is 4.72 Å². The summed E-state index contributed by atoms with van der Waals surface area (Å²) in [6.07, 6.45) is 1.77. The van der Waals surface area contributed by atoms with Crippen molar-refractivity contribution < 1.29 is 17.9 Å². The number of hydrogen-bond acceptors (Lipinski definition) is 4. The lowest BCUT2D eigenvalue weighted by atomic mass is 10.3. The Hall–Kier alpha value is -1.43. The zero-order valence-electron chi connectivity index (χ0n) is 13.2. The summed E-state index contributed by atoms with van der Waals surface area (Å²) in [6, 6.07) is 5.09. The second-order valence-electron chi connectivity index (χ2n) is 5.05. The SMILES string of the molecule is CCCOc1ccc(NS(=O)(=O)C(C)C)cc1OCCC. The van der Waals surface area contributed by atoms with E-state index in [9.17, 15) is 8.42 Å². The van der Waals surface area contributed by atoms with Gasteiger partial charge in [0.05, 0.1) is 24.2 Å². The Bertz CT molecular complexity index is 541. The summed E-state index contributed by atoms with van der Waals surface area (Å²) in [7, 11) is -3.36. The van der Waals surface area contributed by atoms with Crippen LogP contribution in [-0.4, -0.2) is 26.9 Å². The average Bonchev–Trinajstić information content (AvgIpc) is 2.43. The van der Waals surface area contributed by atoms with Gasteiger partial charge in [0.1, 0.15) is 0 Å². The summed E-state index contributed by atoms with van der Waals surface area (Å²) in [6.45, 7) is 8.46. The molecule has 0 radical (unpaired) electrons. The van der Waals surface area contributed by atoms with Crippen LogP contribution in [0, 0.1) is 0 Å². The van der Waals surface area contributed by atoms with Crippen LogP contribution in [0.3, 0.4) is 0 Å². The van der Waals surface area contributed by atoms with Crippen molar-refractivity contribution in [3.63, 3.8) is 0 Å². The average molecular weight is 315 g/mol. The molecule has 0 aliphatic carbocycles. The van der Waals surface area contributed by atoms with E-state index in [0.717, 1.165) is 12.8 Å². The Kier molecular flexibility index (Phi) is 6.81. The van der Waals surface area contributed by atoms with Crippen molar-refractivity contribution >= 4 is 15.7 Å². The minimum absolute atomic E-state index is 0.485. The van der Waals surface area contributed by atoms with Crippen molar-refractivity contribution in [1.82, 2.24) is 0 Å². The normalized spacial score (nSPS) is 11.5. The summed E-state index contributed by atoms with van der Waals surface area (Å²) >= 11 is 0. The van der Waals surface area contributed by atoms with Gasteiger partial charge in [-0.1, -0.05) is 13.8 Å². The molecule has 21 heavy (non-hydrogen) atoms. The highest BCUT2D eigenvalue weighted by molar-refractivity contribution is 7.93. The fraction of sp³-hybridized carbons (Fsp3) is 0.600. The van der Waals surface area contributed by atoms with Crippen molar-refractivity contribution in [3.8, 4) is 11.5 Å². The fourth-order valence-corrected chi connectivity index (χ4v) is 2.20. The molecule has 1 rings (SSSR count). The quantitative estimate of drug-likeness (QED) is 0.758. The lowest BCUT2D eigenvalue weighted by molar-refractivity contribution is 0.268. The first-order chi connectivity index (χ1) is 9.90. The van der Waals surface area contributed by atoms with E-state index in [4.69, 9.17) is 9.47 Å². The van der Waals surface area contributed by atoms with E-state index in [1.807, 2.05) is 13.8 Å². The molecule has 120 valence electrons. The summed E-state index contributed by atoms with van der Waals surface area (Å²) in [5.41, 5.74) is 0.485. The predicted molar refractivity (Wildman–Crippen MR) is 85.7 cm³/mol. The number of nitrogens with one attached hydrogen (secondary N) is 1. The van der Waals surface area contributed by atoms with Crippen LogP contribution in [0.15, 0.2) is 18.2 Å². The van der Waals surface area contributed by atoms with Crippen LogP contribution in [0.4, 0.5) is 5.69 Å². The maximum absolute atomic E-state index is 11.9. The van der Waals surface area contributed by atoms with Gasteiger partial charge in [0.2, 0.25) is 10.0 Å². The summed E-state index contributed by atoms with van der Waals surface area (Å²) in [4.78, 5) is 0. The zero-order chi connectivity index (χ0) is 15.9. The van der Waals surface area contributed by atoms with E-state index < -0.39 is 15.3 Å². The lowest BCUT2D eigenvalue weighted by Crippen LogP contribution is -2.22. The van der Waals surface area contributed by atoms with Gasteiger partial charge in [0, 0.05) is 6.07 Å². The largest absolute Gasteiger partial charge is 0.490 e. The summed E-state index contributed by atoms with van der Waals surface area (Å²) < 4.78 is 37.6. The van der Waals surface area contributed by atoms with Crippen molar-refractivity contribution in [2.24, 2.45) is 0 Å². The molecular formula is C15H25NO4S. The summed E-state index contributed by atoms with van der Waals surface area (Å²) in [5, 5.41) is -0.492. The fourth-order valence-electron chi connectivity index (χ4n) is 1.51. The molecule has 0 saturated carbocycles. The van der Waals surface area contributed by atoms with E-state index in [0.29, 0.717) is 30.4 Å². The van der Waals surface area contributed by atoms with E-state index in [1.165, 1.54) is 0 Å². The van der Waals surface area contributed by atoms with Crippen molar-refractivity contribution in [2.45, 2.75) is 45.8 Å². The van der Waals surface area contributed by atoms with Crippen LogP contribution in [0.25, 0.3) is 0 Å². The third-order valence-corrected chi connectivity index (χ3v) is 4.51. The monoisotopic (exact) mass is 315 g/mol. The molecule has 0 amide bonds. The number of hydrogen-bond donors (Lipinski definition) is 1. The van der Waals surface area contributed by atoms with Gasteiger partial charge in [-0.15, -0.1) is 0 Å². The van der Waals surface area contributed by atoms with Gasteiger partial charge in [-0.05, 0) is 38.8 Å². The molecule has 0 fully saturated rings. The first-order valence-corrected chi connectivity index (χ1v) is 8.86. The molecule has 0 aliphatic rings. The molecule has 0 saturated heterocycles. The number of benzene rings is 1. The number of rotatable bonds is 9. The number of anilines is 1. The molecule has 0 heterocycles. The molecule has 0 atom stereocenters. The Morgan fingerprint density at radius 2 is 1.62 bits per heavy atom. The molecule has 1 aromatic carbocycles. The maximum atomic E-state index is 11.9. The molecule has 0 aliphatic heterocycles. The molecule has 0 aromatic heterocycles. The third kappa shape index (κ3) is 5.46. The predicted octanol–water partition coefficient (Wildman–Crippen LogP) is 3.41. The van der Waals surface area contributed by atoms with Gasteiger partial charge in [0.25, 0.3) is 0 Å². The molecule has 5 nitrogen and oxygen atoms in total. The topological polar surface area (TPSA) is 64.6 Å². The lowest BCUT2D eigenvalue weighted by Gasteiger charge is -2.15. The molecule has 1 aromatic rings. The Balaban J connectivity index is 2.97. The van der Waals surface area contributed by atoms with Gasteiger partial charge in [-0.3, -0.25) is 4.72 Å². The number of ether oxygens (including phenoxy) is 2. The van der Waals surface area contributed by atoms with Gasteiger partial charge in [0.15, 0.2) is 11.5 Å². The molecular weight excluding hydrogens is 290 g/mol. The van der Waals surface area contributed by atoms with Gasteiger partial charge in [-0.25, -0.2) is 8.42 Å². The summed E-state index contributed by atoms with van der Waals surface area (Å²) in [5.74, 6) is 1.20. The minimum atomic E-state index is -3.36. The highest BCUT2D eigenvalue weighted by atomic mass is 32.2. The van der Waals surface area contributed by atoms with Crippen molar-refractivity contribution in [1.29, 1.82) is 0 Å². The van der Waals surface area contributed by atoms with Gasteiger partial charge < -0.3 is 9.47 Å². The Morgan fingerprint density at radius 3 is 2.14 bits per heavy atom.